The van der Waals surface area contributed by atoms with Gasteiger partial charge < -0.3 is 36.3 Å². The number of hydrogen-bond donors (Lipinski definition) is 6. The Kier molecular flexibility index (Phi) is 8.49. The van der Waals surface area contributed by atoms with Crippen molar-refractivity contribution >= 4 is 36.1 Å². The largest absolute Gasteiger partial charge is 0.423 e. The molecule has 2 aromatic rings. The van der Waals surface area contributed by atoms with E-state index in [9.17, 15) is 28.7 Å². The lowest BCUT2D eigenvalue weighted by Crippen LogP contribution is -2.48. The van der Waals surface area contributed by atoms with Crippen molar-refractivity contribution in [3.05, 3.63) is 40.2 Å². The van der Waals surface area contributed by atoms with E-state index in [-0.39, 0.29) is 16.8 Å². The summed E-state index contributed by atoms with van der Waals surface area (Å²) in [6.45, 7) is 2.01. The number of unbranched alkanes of at least 4 members (excludes halogenated alkanes) is 1. The van der Waals surface area contributed by atoms with E-state index in [1.54, 1.807) is 0 Å². The monoisotopic (exact) mass is 454 g/mol. The van der Waals surface area contributed by atoms with Crippen LogP contribution in [0.3, 0.4) is 0 Å². The van der Waals surface area contributed by atoms with Crippen LogP contribution in [-0.4, -0.2) is 40.2 Å². The molecule has 2 atom stereocenters. The fraction of sp³-hybridized carbons (Fsp3) is 0.421. The molecular weight excluding hydrogens is 427 g/mol. The van der Waals surface area contributed by atoms with Crippen LogP contribution in [0.15, 0.2) is 33.5 Å². The Morgan fingerprint density at radius 2 is 1.90 bits per heavy atom. The van der Waals surface area contributed by atoms with Crippen LogP contribution in [0.25, 0.3) is 11.0 Å². The highest BCUT2D eigenvalue weighted by atomic mass is 31.2. The first-order valence-electron chi connectivity index (χ1n) is 9.68. The lowest BCUT2D eigenvalue weighted by atomic mass is 10.1. The van der Waals surface area contributed by atoms with Gasteiger partial charge in [-0.1, -0.05) is 6.42 Å². The van der Waals surface area contributed by atoms with Gasteiger partial charge in [-0.25, -0.2) is 4.79 Å². The van der Waals surface area contributed by atoms with E-state index < -0.39 is 43.3 Å². The van der Waals surface area contributed by atoms with Gasteiger partial charge in [-0.2, -0.15) is 0 Å². The van der Waals surface area contributed by atoms with Gasteiger partial charge in [0.2, 0.25) is 11.8 Å². The van der Waals surface area contributed by atoms with Gasteiger partial charge in [-0.15, -0.1) is 0 Å². The van der Waals surface area contributed by atoms with E-state index in [1.165, 1.54) is 25.1 Å². The second kappa shape index (κ2) is 10.7. The van der Waals surface area contributed by atoms with Crippen molar-refractivity contribution in [1.29, 1.82) is 0 Å². The number of fused-ring (bicyclic) bond motifs is 1. The maximum absolute atomic E-state index is 12.4. The van der Waals surface area contributed by atoms with E-state index in [0.717, 1.165) is 12.5 Å². The molecule has 11 nitrogen and oxygen atoms in total. The second-order valence-electron chi connectivity index (χ2n) is 7.23. The first-order valence-corrected chi connectivity index (χ1v) is 11.5. The summed E-state index contributed by atoms with van der Waals surface area (Å²) >= 11 is 0. The van der Waals surface area contributed by atoms with Gasteiger partial charge in [0.1, 0.15) is 11.6 Å². The zero-order valence-corrected chi connectivity index (χ0v) is 17.9. The fourth-order valence-corrected chi connectivity index (χ4v) is 3.64. The van der Waals surface area contributed by atoms with Crippen LogP contribution in [-0.2, 0) is 20.3 Å². The number of amides is 2. The van der Waals surface area contributed by atoms with Crippen molar-refractivity contribution < 1.29 is 28.4 Å². The van der Waals surface area contributed by atoms with Crippen molar-refractivity contribution in [1.82, 2.24) is 5.32 Å². The molecule has 1 aromatic carbocycles. The number of nitrogens with one attached hydrogen (secondary N) is 2. The highest BCUT2D eigenvalue weighted by Crippen LogP contribution is 2.40. The van der Waals surface area contributed by atoms with Crippen molar-refractivity contribution in [3.63, 3.8) is 0 Å². The van der Waals surface area contributed by atoms with E-state index in [0.29, 0.717) is 24.8 Å². The highest BCUT2D eigenvalue weighted by molar-refractivity contribution is 7.50. The highest BCUT2D eigenvalue weighted by Gasteiger charge is 2.21. The molecule has 12 heteroatoms. The van der Waals surface area contributed by atoms with Gasteiger partial charge >= 0.3 is 13.2 Å². The van der Waals surface area contributed by atoms with Gasteiger partial charge in [-0.3, -0.25) is 14.2 Å². The van der Waals surface area contributed by atoms with Crippen molar-refractivity contribution in [2.24, 2.45) is 11.5 Å². The van der Waals surface area contributed by atoms with E-state index in [2.05, 4.69) is 10.6 Å². The number of rotatable bonds is 10. The molecule has 2 amide bonds. The zero-order valence-electron chi connectivity index (χ0n) is 17.0. The van der Waals surface area contributed by atoms with Gasteiger partial charge in [0.25, 0.3) is 0 Å². The first kappa shape index (κ1) is 24.7. The number of hydrogen-bond acceptors (Lipinski definition) is 7. The van der Waals surface area contributed by atoms with Crippen LogP contribution in [0.5, 0.6) is 0 Å². The molecule has 0 saturated carbocycles. The van der Waals surface area contributed by atoms with E-state index in [4.69, 9.17) is 15.9 Å². The Balaban J connectivity index is 2.09. The summed E-state index contributed by atoms with van der Waals surface area (Å²) in [6.07, 6.45) is 1.30. The number of carbonyl (C=O) groups excluding carboxylic acids is 2. The summed E-state index contributed by atoms with van der Waals surface area (Å²) < 4.78 is 16.4. The van der Waals surface area contributed by atoms with Crippen molar-refractivity contribution in [3.8, 4) is 0 Å². The zero-order chi connectivity index (χ0) is 23.2. The molecule has 0 aliphatic carbocycles. The molecule has 0 fully saturated rings. The molecule has 2 rings (SSSR count). The summed E-state index contributed by atoms with van der Waals surface area (Å²) in [6, 6.07) is 3.74. The minimum Gasteiger partial charge on any atom is -0.423 e. The lowest BCUT2D eigenvalue weighted by Gasteiger charge is -2.17. The molecular formula is C19H27N4O7P. The third-order valence-corrected chi connectivity index (χ3v) is 5.28. The standard InChI is InChI=1S/C19H27N4O7P/c1-11(22-19(26)15(21)4-2-3-7-20)18(25)23-13-5-6-14-12(10-31(27,28)29)8-17(24)30-16(14)9-13/h5-6,8-9,11,15H,2-4,7,10,20-21H2,1H3,(H,22,26)(H,23,25)(H2,27,28,29)/t11-,15?/m0/s1. The van der Waals surface area contributed by atoms with E-state index in [1.807, 2.05) is 0 Å². The molecule has 0 spiro atoms. The quantitative estimate of drug-likeness (QED) is 0.167. The number of benzene rings is 1. The molecule has 0 bridgehead atoms. The Morgan fingerprint density at radius 1 is 1.19 bits per heavy atom. The molecule has 0 aliphatic heterocycles. The molecule has 31 heavy (non-hydrogen) atoms. The van der Waals surface area contributed by atoms with Crippen LogP contribution >= 0.6 is 7.60 Å². The number of nitrogens with two attached hydrogens (primary N) is 2. The van der Waals surface area contributed by atoms with Gasteiger partial charge in [-0.05, 0) is 44.0 Å². The van der Waals surface area contributed by atoms with Crippen LogP contribution in [0.4, 0.5) is 5.69 Å². The normalized spacial score (nSPS) is 13.6. The lowest BCUT2D eigenvalue weighted by molar-refractivity contribution is -0.127. The molecule has 8 N–H and O–H groups in total. The maximum atomic E-state index is 12.4. The van der Waals surface area contributed by atoms with Gasteiger partial charge in [0, 0.05) is 23.2 Å². The average molecular weight is 454 g/mol. The molecule has 0 aliphatic rings. The van der Waals surface area contributed by atoms with Crippen LogP contribution < -0.4 is 27.7 Å². The fourth-order valence-electron chi connectivity index (χ4n) is 2.94. The van der Waals surface area contributed by atoms with Crippen molar-refractivity contribution in [2.75, 3.05) is 11.9 Å². The molecule has 1 unspecified atom stereocenters. The summed E-state index contributed by atoms with van der Waals surface area (Å²) in [4.78, 5) is 54.7. The third-order valence-electron chi connectivity index (χ3n) is 4.53. The molecule has 0 radical (unpaired) electrons. The van der Waals surface area contributed by atoms with E-state index >= 15 is 0 Å². The van der Waals surface area contributed by atoms with Gasteiger partial charge in [0.05, 0.1) is 12.2 Å². The molecule has 0 saturated heterocycles. The smallest absolute Gasteiger partial charge is 0.336 e. The van der Waals surface area contributed by atoms with Crippen LogP contribution in [0, 0.1) is 0 Å². The Hall–Kier alpha value is -2.56. The minimum atomic E-state index is -4.40. The molecule has 1 aromatic heterocycles. The minimum absolute atomic E-state index is 0.0624. The second-order valence-corrected chi connectivity index (χ2v) is 8.88. The first-order chi connectivity index (χ1) is 14.5. The summed E-state index contributed by atoms with van der Waals surface area (Å²) in [5.74, 6) is -0.971. The Morgan fingerprint density at radius 3 is 2.55 bits per heavy atom. The predicted octanol–water partition coefficient (Wildman–Crippen LogP) is 0.370. The number of anilines is 1. The third kappa shape index (κ3) is 7.57. The molecule has 1 heterocycles. The summed E-state index contributed by atoms with van der Waals surface area (Å²) in [5.41, 5.74) is 10.9. The topological polar surface area (TPSA) is 198 Å². The van der Waals surface area contributed by atoms with Crippen molar-refractivity contribution in [2.45, 2.75) is 44.4 Å². The Bertz CT molecular complexity index is 1050. The van der Waals surface area contributed by atoms with Gasteiger partial charge in [0.15, 0.2) is 0 Å². The maximum Gasteiger partial charge on any atom is 0.336 e. The Labute approximate surface area is 178 Å². The number of carbonyl (C=O) groups is 2. The van der Waals surface area contributed by atoms with Crippen LogP contribution in [0.1, 0.15) is 31.7 Å². The summed E-state index contributed by atoms with van der Waals surface area (Å²) in [5, 5.41) is 5.47. The predicted molar refractivity (Wildman–Crippen MR) is 115 cm³/mol. The summed E-state index contributed by atoms with van der Waals surface area (Å²) in [7, 11) is -4.40. The van der Waals surface area contributed by atoms with Crippen LogP contribution in [0.2, 0.25) is 0 Å². The SMILES string of the molecule is C[C@H](NC(=O)C(N)CCCCN)C(=O)Nc1ccc2c(CP(=O)(O)O)cc(=O)oc2c1. The average Bonchev–Trinajstić information content (AvgIpc) is 2.66. The molecule has 170 valence electrons.